The van der Waals surface area contributed by atoms with Gasteiger partial charge in [-0.1, -0.05) is 34.6 Å². The summed E-state index contributed by atoms with van der Waals surface area (Å²) in [5.41, 5.74) is 0.470. The van der Waals surface area contributed by atoms with Gasteiger partial charge in [-0.3, -0.25) is 4.90 Å². The lowest BCUT2D eigenvalue weighted by atomic mass is 9.83. The smallest absolute Gasteiger partial charge is 0.0153 e. The van der Waals surface area contributed by atoms with Crippen LogP contribution < -0.4 is 0 Å². The summed E-state index contributed by atoms with van der Waals surface area (Å²) in [4.78, 5) is 2.77. The SMILES string of the molecule is CC.CC(C)N1C2CC2CC1C(C)(C)C. The zero-order valence-electron chi connectivity index (χ0n) is 11.7. The van der Waals surface area contributed by atoms with E-state index in [0.29, 0.717) is 5.41 Å². The van der Waals surface area contributed by atoms with Crippen molar-refractivity contribution in [3.63, 3.8) is 0 Å². The van der Waals surface area contributed by atoms with Crippen molar-refractivity contribution in [2.75, 3.05) is 0 Å². The Kier molecular flexibility index (Phi) is 3.86. The summed E-state index contributed by atoms with van der Waals surface area (Å²) in [5, 5.41) is 0. The first-order chi connectivity index (χ1) is 6.91. The second kappa shape index (κ2) is 4.45. The van der Waals surface area contributed by atoms with Crippen molar-refractivity contribution in [1.29, 1.82) is 0 Å². The zero-order valence-corrected chi connectivity index (χ0v) is 11.7. The molecule has 1 aliphatic heterocycles. The largest absolute Gasteiger partial charge is 0.294 e. The molecule has 90 valence electrons. The molecule has 0 aromatic heterocycles. The first-order valence-electron chi connectivity index (χ1n) is 6.68. The molecule has 0 aromatic carbocycles. The third-order valence-electron chi connectivity index (χ3n) is 3.75. The molecule has 1 saturated heterocycles. The van der Waals surface area contributed by atoms with Crippen molar-refractivity contribution in [3.8, 4) is 0 Å². The summed E-state index contributed by atoms with van der Waals surface area (Å²) >= 11 is 0. The number of nitrogens with zero attached hydrogens (tertiary/aromatic N) is 1. The minimum Gasteiger partial charge on any atom is -0.294 e. The van der Waals surface area contributed by atoms with Gasteiger partial charge in [0.1, 0.15) is 0 Å². The van der Waals surface area contributed by atoms with Gasteiger partial charge < -0.3 is 0 Å². The molecule has 15 heavy (non-hydrogen) atoms. The van der Waals surface area contributed by atoms with E-state index in [1.807, 2.05) is 13.8 Å². The second-order valence-electron chi connectivity index (χ2n) is 6.22. The van der Waals surface area contributed by atoms with Crippen LogP contribution in [0.4, 0.5) is 0 Å². The van der Waals surface area contributed by atoms with Crippen LogP contribution in [0.1, 0.15) is 61.3 Å². The van der Waals surface area contributed by atoms with Gasteiger partial charge in [0, 0.05) is 18.1 Å². The topological polar surface area (TPSA) is 3.24 Å². The Morgan fingerprint density at radius 3 is 1.93 bits per heavy atom. The lowest BCUT2D eigenvalue weighted by Crippen LogP contribution is -2.45. The van der Waals surface area contributed by atoms with Crippen LogP contribution in [0.5, 0.6) is 0 Å². The van der Waals surface area contributed by atoms with Crippen LogP contribution in [0.2, 0.25) is 0 Å². The van der Waals surface area contributed by atoms with Gasteiger partial charge >= 0.3 is 0 Å². The van der Waals surface area contributed by atoms with Crippen LogP contribution in [-0.2, 0) is 0 Å². The molecule has 0 bridgehead atoms. The second-order valence-corrected chi connectivity index (χ2v) is 6.22. The number of fused-ring (bicyclic) bond motifs is 1. The average molecular weight is 211 g/mol. The third-order valence-corrected chi connectivity index (χ3v) is 3.75. The maximum Gasteiger partial charge on any atom is 0.0153 e. The predicted molar refractivity (Wildman–Crippen MR) is 68.1 cm³/mol. The zero-order chi connectivity index (χ0) is 11.8. The molecule has 0 N–H and O–H groups in total. The average Bonchev–Trinajstić information content (AvgIpc) is 2.78. The van der Waals surface area contributed by atoms with Crippen LogP contribution in [0.15, 0.2) is 0 Å². The van der Waals surface area contributed by atoms with Gasteiger partial charge in [0.2, 0.25) is 0 Å². The van der Waals surface area contributed by atoms with E-state index in [9.17, 15) is 0 Å². The van der Waals surface area contributed by atoms with Crippen molar-refractivity contribution in [3.05, 3.63) is 0 Å². The van der Waals surface area contributed by atoms with E-state index < -0.39 is 0 Å². The highest BCUT2D eigenvalue weighted by molar-refractivity contribution is 5.09. The van der Waals surface area contributed by atoms with E-state index in [0.717, 1.165) is 24.0 Å². The van der Waals surface area contributed by atoms with Gasteiger partial charge in [0.25, 0.3) is 0 Å². The Balaban J connectivity index is 0.000000531. The molecule has 2 aliphatic rings. The Morgan fingerprint density at radius 2 is 1.60 bits per heavy atom. The normalized spacial score (nSPS) is 34.8. The van der Waals surface area contributed by atoms with Gasteiger partial charge in [-0.15, -0.1) is 0 Å². The highest BCUT2D eigenvalue weighted by Gasteiger charge is 2.55. The van der Waals surface area contributed by atoms with Crippen LogP contribution in [0, 0.1) is 11.3 Å². The van der Waals surface area contributed by atoms with Gasteiger partial charge in [-0.25, -0.2) is 0 Å². The molecule has 1 heterocycles. The molecular formula is C14H29N. The van der Waals surface area contributed by atoms with Gasteiger partial charge in [-0.2, -0.15) is 0 Å². The van der Waals surface area contributed by atoms with Crippen LogP contribution in [0.3, 0.4) is 0 Å². The number of piperidine rings is 1. The Morgan fingerprint density at radius 1 is 1.07 bits per heavy atom. The van der Waals surface area contributed by atoms with Crippen LogP contribution in [0.25, 0.3) is 0 Å². The summed E-state index contributed by atoms with van der Waals surface area (Å²) in [6.07, 6.45) is 2.93. The Bertz CT molecular complexity index is 202. The fourth-order valence-corrected chi connectivity index (χ4v) is 3.03. The minimum atomic E-state index is 0.470. The number of hydrogen-bond acceptors (Lipinski definition) is 1. The molecule has 3 atom stereocenters. The Hall–Kier alpha value is -0.0400. The summed E-state index contributed by atoms with van der Waals surface area (Å²) < 4.78 is 0. The summed E-state index contributed by atoms with van der Waals surface area (Å²) in [6.45, 7) is 15.9. The van der Waals surface area contributed by atoms with Gasteiger partial charge in [-0.05, 0) is 38.0 Å². The van der Waals surface area contributed by atoms with Crippen molar-refractivity contribution in [1.82, 2.24) is 4.90 Å². The van der Waals surface area contributed by atoms with E-state index in [-0.39, 0.29) is 0 Å². The molecule has 1 nitrogen and oxygen atoms in total. The van der Waals surface area contributed by atoms with Gasteiger partial charge in [0.05, 0.1) is 0 Å². The molecule has 1 heteroatoms. The maximum atomic E-state index is 2.77. The highest BCUT2D eigenvalue weighted by atomic mass is 15.3. The minimum absolute atomic E-state index is 0.470. The monoisotopic (exact) mass is 211 g/mol. The quantitative estimate of drug-likeness (QED) is 0.635. The summed E-state index contributed by atoms with van der Waals surface area (Å²) in [6, 6.07) is 2.52. The van der Waals surface area contributed by atoms with E-state index in [1.165, 1.54) is 12.8 Å². The molecule has 0 spiro atoms. The molecule has 2 rings (SSSR count). The van der Waals surface area contributed by atoms with Crippen LogP contribution in [-0.4, -0.2) is 23.0 Å². The first-order valence-corrected chi connectivity index (χ1v) is 6.68. The highest BCUT2D eigenvalue weighted by Crippen LogP contribution is 2.52. The first kappa shape index (κ1) is 13.0. The van der Waals surface area contributed by atoms with Crippen molar-refractivity contribution in [2.24, 2.45) is 11.3 Å². The standard InChI is InChI=1S/C12H23N.C2H6/c1-8(2)13-10-6-9(10)7-11(13)12(3,4)5;1-2/h8-11H,6-7H2,1-5H3;1-2H3. The van der Waals surface area contributed by atoms with E-state index in [2.05, 4.69) is 39.5 Å². The van der Waals surface area contributed by atoms with E-state index >= 15 is 0 Å². The maximum absolute atomic E-state index is 2.77. The molecule has 0 aromatic rings. The third kappa shape index (κ3) is 2.55. The van der Waals surface area contributed by atoms with Crippen molar-refractivity contribution < 1.29 is 0 Å². The fourth-order valence-electron chi connectivity index (χ4n) is 3.03. The number of likely N-dealkylation sites (tertiary alicyclic amines) is 1. The van der Waals surface area contributed by atoms with E-state index in [4.69, 9.17) is 0 Å². The molecule has 3 unspecified atom stereocenters. The summed E-state index contributed by atoms with van der Waals surface area (Å²) in [7, 11) is 0. The number of hydrogen-bond donors (Lipinski definition) is 0. The fraction of sp³-hybridized carbons (Fsp3) is 1.00. The lowest BCUT2D eigenvalue weighted by molar-refractivity contribution is 0.0870. The lowest BCUT2D eigenvalue weighted by Gasteiger charge is -2.39. The van der Waals surface area contributed by atoms with Crippen molar-refractivity contribution in [2.45, 2.75) is 79.4 Å². The van der Waals surface area contributed by atoms with Gasteiger partial charge in [0.15, 0.2) is 0 Å². The molecule has 2 fully saturated rings. The molecule has 1 aliphatic carbocycles. The summed E-state index contributed by atoms with van der Waals surface area (Å²) in [5.74, 6) is 1.05. The molecule has 0 amide bonds. The molecule has 0 radical (unpaired) electrons. The van der Waals surface area contributed by atoms with E-state index in [1.54, 1.807) is 0 Å². The molecular weight excluding hydrogens is 182 g/mol. The van der Waals surface area contributed by atoms with Crippen molar-refractivity contribution >= 4 is 0 Å². The number of rotatable bonds is 1. The van der Waals surface area contributed by atoms with Crippen LogP contribution >= 0.6 is 0 Å². The predicted octanol–water partition coefficient (Wildman–Crippen LogP) is 3.93. The molecule has 1 saturated carbocycles. The Labute approximate surface area is 96.2 Å².